The molecule has 8 heteroatoms. The lowest BCUT2D eigenvalue weighted by molar-refractivity contribution is -0.120. The highest BCUT2D eigenvalue weighted by molar-refractivity contribution is 6.30. The molecule has 0 radical (unpaired) electrons. The van der Waals surface area contributed by atoms with Gasteiger partial charge in [0, 0.05) is 22.8 Å². The standard InChI is InChI=1S/C31H25ClFN3O3/c32-25-13-9-21(10-14-25)18-28(36-30(38)24-6-2-1-3-7-24)31(39)35-27-15-11-22(12-16-27)19-29(37)34-20-23-5-4-8-26(33)17-23/h1-18H,19-20H2,(H,34,37)(H,35,39)(H,36,38)/b28-18-. The number of rotatable bonds is 9. The van der Waals surface area contributed by atoms with Gasteiger partial charge in [0.05, 0.1) is 6.42 Å². The molecular weight excluding hydrogens is 517 g/mol. The van der Waals surface area contributed by atoms with E-state index in [9.17, 15) is 18.8 Å². The van der Waals surface area contributed by atoms with E-state index in [0.717, 1.165) is 5.56 Å². The molecule has 0 spiro atoms. The largest absolute Gasteiger partial charge is 0.352 e. The lowest BCUT2D eigenvalue weighted by Crippen LogP contribution is -2.30. The molecule has 4 aromatic carbocycles. The maximum absolute atomic E-state index is 13.3. The average molecular weight is 542 g/mol. The Bertz CT molecular complexity index is 1490. The highest BCUT2D eigenvalue weighted by Gasteiger charge is 2.15. The van der Waals surface area contributed by atoms with E-state index in [1.165, 1.54) is 12.1 Å². The van der Waals surface area contributed by atoms with E-state index < -0.39 is 11.8 Å². The van der Waals surface area contributed by atoms with Crippen LogP contribution < -0.4 is 16.0 Å². The molecule has 0 heterocycles. The Morgan fingerprint density at radius 3 is 2.21 bits per heavy atom. The smallest absolute Gasteiger partial charge is 0.272 e. The van der Waals surface area contributed by atoms with E-state index in [4.69, 9.17) is 11.6 Å². The zero-order valence-electron chi connectivity index (χ0n) is 20.8. The fraction of sp³-hybridized carbons (Fsp3) is 0.0645. The second kappa shape index (κ2) is 13.2. The van der Waals surface area contributed by atoms with Crippen molar-refractivity contribution in [1.82, 2.24) is 10.6 Å². The van der Waals surface area contributed by atoms with Crippen LogP contribution in [0.2, 0.25) is 5.02 Å². The molecule has 0 aliphatic carbocycles. The molecule has 3 N–H and O–H groups in total. The monoisotopic (exact) mass is 541 g/mol. The van der Waals surface area contributed by atoms with E-state index in [2.05, 4.69) is 16.0 Å². The van der Waals surface area contributed by atoms with Gasteiger partial charge in [-0.05, 0) is 71.3 Å². The van der Waals surface area contributed by atoms with E-state index >= 15 is 0 Å². The van der Waals surface area contributed by atoms with Gasteiger partial charge in [-0.15, -0.1) is 0 Å². The molecule has 0 aliphatic heterocycles. The van der Waals surface area contributed by atoms with Gasteiger partial charge in [-0.25, -0.2) is 4.39 Å². The van der Waals surface area contributed by atoms with Crippen LogP contribution in [0.3, 0.4) is 0 Å². The summed E-state index contributed by atoms with van der Waals surface area (Å²) in [6, 6.07) is 28.3. The summed E-state index contributed by atoms with van der Waals surface area (Å²) in [6.07, 6.45) is 1.68. The van der Waals surface area contributed by atoms with Crippen molar-refractivity contribution in [2.24, 2.45) is 0 Å². The number of amides is 3. The van der Waals surface area contributed by atoms with Gasteiger partial charge in [-0.2, -0.15) is 0 Å². The third-order valence-corrected chi connectivity index (χ3v) is 5.92. The van der Waals surface area contributed by atoms with Crippen LogP contribution in [0, 0.1) is 5.82 Å². The molecule has 39 heavy (non-hydrogen) atoms. The molecule has 0 saturated heterocycles. The van der Waals surface area contributed by atoms with Crippen LogP contribution in [0.15, 0.2) is 109 Å². The Morgan fingerprint density at radius 2 is 1.51 bits per heavy atom. The number of nitrogens with one attached hydrogen (secondary N) is 3. The molecule has 0 aromatic heterocycles. The molecule has 0 saturated carbocycles. The fourth-order valence-electron chi connectivity index (χ4n) is 3.67. The number of carbonyl (C=O) groups is 3. The highest BCUT2D eigenvalue weighted by atomic mass is 35.5. The molecule has 4 rings (SSSR count). The third kappa shape index (κ3) is 8.38. The van der Waals surface area contributed by atoms with Crippen LogP contribution in [-0.2, 0) is 22.6 Å². The summed E-state index contributed by atoms with van der Waals surface area (Å²) in [5.41, 5.74) is 3.03. The summed E-state index contributed by atoms with van der Waals surface area (Å²) < 4.78 is 13.3. The number of carbonyl (C=O) groups excluding carboxylic acids is 3. The first-order valence-corrected chi connectivity index (χ1v) is 12.5. The predicted molar refractivity (Wildman–Crippen MR) is 150 cm³/mol. The van der Waals surface area contributed by atoms with Gasteiger partial charge in [0.1, 0.15) is 11.5 Å². The molecule has 0 atom stereocenters. The predicted octanol–water partition coefficient (Wildman–Crippen LogP) is 5.75. The first-order chi connectivity index (χ1) is 18.9. The van der Waals surface area contributed by atoms with Crippen LogP contribution in [0.4, 0.5) is 10.1 Å². The van der Waals surface area contributed by atoms with Crippen molar-refractivity contribution < 1.29 is 18.8 Å². The minimum Gasteiger partial charge on any atom is -0.352 e. The number of halogens is 2. The van der Waals surface area contributed by atoms with Crippen LogP contribution in [0.1, 0.15) is 27.0 Å². The van der Waals surface area contributed by atoms with Gasteiger partial charge in [-0.1, -0.05) is 66.2 Å². The zero-order valence-corrected chi connectivity index (χ0v) is 21.5. The maximum Gasteiger partial charge on any atom is 0.272 e. The Labute approximate surface area is 230 Å². The molecule has 4 aromatic rings. The van der Waals surface area contributed by atoms with Crippen LogP contribution >= 0.6 is 11.6 Å². The Hall–Kier alpha value is -4.75. The van der Waals surface area contributed by atoms with Crippen molar-refractivity contribution in [3.8, 4) is 0 Å². The Kier molecular flexibility index (Phi) is 9.21. The summed E-state index contributed by atoms with van der Waals surface area (Å²) in [7, 11) is 0. The minimum atomic E-state index is -0.519. The minimum absolute atomic E-state index is 0.0481. The molecule has 196 valence electrons. The zero-order chi connectivity index (χ0) is 27.6. The van der Waals surface area contributed by atoms with Gasteiger partial charge in [0.15, 0.2) is 0 Å². The Balaban J connectivity index is 1.40. The molecule has 3 amide bonds. The van der Waals surface area contributed by atoms with Gasteiger partial charge in [0.25, 0.3) is 11.8 Å². The lowest BCUT2D eigenvalue weighted by Gasteiger charge is -2.12. The number of anilines is 1. The van der Waals surface area contributed by atoms with E-state index in [1.807, 2.05) is 0 Å². The summed E-state index contributed by atoms with van der Waals surface area (Å²) in [6.45, 7) is 0.224. The fourth-order valence-corrected chi connectivity index (χ4v) is 3.79. The van der Waals surface area contributed by atoms with Crippen LogP contribution in [0.5, 0.6) is 0 Å². The second-order valence-corrected chi connectivity index (χ2v) is 9.10. The molecule has 6 nitrogen and oxygen atoms in total. The van der Waals surface area contributed by atoms with E-state index in [1.54, 1.807) is 97.1 Å². The number of benzene rings is 4. The van der Waals surface area contributed by atoms with E-state index in [0.29, 0.717) is 27.4 Å². The van der Waals surface area contributed by atoms with Crippen molar-refractivity contribution in [2.45, 2.75) is 13.0 Å². The van der Waals surface area contributed by atoms with Crippen molar-refractivity contribution in [1.29, 1.82) is 0 Å². The van der Waals surface area contributed by atoms with Crippen molar-refractivity contribution in [2.75, 3.05) is 5.32 Å². The maximum atomic E-state index is 13.3. The normalized spacial score (nSPS) is 11.0. The first kappa shape index (κ1) is 27.3. The summed E-state index contributed by atoms with van der Waals surface area (Å²) in [5.74, 6) is -1.52. The number of hydrogen-bond acceptors (Lipinski definition) is 3. The molecule has 0 unspecified atom stereocenters. The second-order valence-electron chi connectivity index (χ2n) is 8.66. The lowest BCUT2D eigenvalue weighted by atomic mass is 10.1. The highest BCUT2D eigenvalue weighted by Crippen LogP contribution is 2.15. The summed E-state index contributed by atoms with van der Waals surface area (Å²) >= 11 is 5.97. The summed E-state index contributed by atoms with van der Waals surface area (Å²) in [5, 5.41) is 8.78. The molecule has 0 fully saturated rings. The SMILES string of the molecule is O=C(Cc1ccc(NC(=O)/C(=C/c2ccc(Cl)cc2)NC(=O)c2ccccc2)cc1)NCc1cccc(F)c1. The van der Waals surface area contributed by atoms with Gasteiger partial charge in [0.2, 0.25) is 5.91 Å². The van der Waals surface area contributed by atoms with Crippen molar-refractivity contribution in [3.63, 3.8) is 0 Å². The molecule has 0 bridgehead atoms. The van der Waals surface area contributed by atoms with Crippen molar-refractivity contribution in [3.05, 3.63) is 142 Å². The Morgan fingerprint density at radius 1 is 0.795 bits per heavy atom. The van der Waals surface area contributed by atoms with Crippen LogP contribution in [0.25, 0.3) is 6.08 Å². The van der Waals surface area contributed by atoms with Gasteiger partial charge < -0.3 is 16.0 Å². The first-order valence-electron chi connectivity index (χ1n) is 12.1. The summed E-state index contributed by atoms with van der Waals surface area (Å²) in [4.78, 5) is 38.2. The molecular formula is C31H25ClFN3O3. The number of hydrogen-bond donors (Lipinski definition) is 3. The van der Waals surface area contributed by atoms with Gasteiger partial charge >= 0.3 is 0 Å². The molecule has 0 aliphatic rings. The quantitative estimate of drug-likeness (QED) is 0.236. The topological polar surface area (TPSA) is 87.3 Å². The van der Waals surface area contributed by atoms with Crippen molar-refractivity contribution >= 4 is 41.1 Å². The third-order valence-electron chi connectivity index (χ3n) is 5.67. The van der Waals surface area contributed by atoms with Gasteiger partial charge in [-0.3, -0.25) is 14.4 Å². The van der Waals surface area contributed by atoms with Crippen LogP contribution in [-0.4, -0.2) is 17.7 Å². The van der Waals surface area contributed by atoms with E-state index in [-0.39, 0.29) is 30.4 Å². The average Bonchev–Trinajstić information content (AvgIpc) is 2.94.